The Bertz CT molecular complexity index is 816. The Morgan fingerprint density at radius 2 is 1.84 bits per heavy atom. The zero-order valence-corrected chi connectivity index (χ0v) is 10.8. The molecular formula is C15H13N3O. The molecule has 94 valence electrons. The van der Waals surface area contributed by atoms with Gasteiger partial charge in [-0.15, -0.1) is 0 Å². The highest BCUT2D eigenvalue weighted by molar-refractivity contribution is 5.93. The molecule has 0 saturated carbocycles. The molecule has 0 fully saturated rings. The molecule has 0 amide bonds. The maximum atomic E-state index is 11.6. The summed E-state index contributed by atoms with van der Waals surface area (Å²) in [5.74, 6) is 0. The topological polar surface area (TPSA) is 58.6 Å². The number of hydrogen-bond donors (Lipinski definition) is 1. The van der Waals surface area contributed by atoms with Crippen molar-refractivity contribution in [2.24, 2.45) is 0 Å². The summed E-state index contributed by atoms with van der Waals surface area (Å²) in [6.07, 6.45) is 1.76. The highest BCUT2D eigenvalue weighted by Gasteiger charge is 2.11. The molecule has 0 bridgehead atoms. The van der Waals surface area contributed by atoms with Crippen LogP contribution in [0.4, 0.5) is 0 Å². The third-order valence-electron chi connectivity index (χ3n) is 3.42. The van der Waals surface area contributed by atoms with Gasteiger partial charge in [0.05, 0.1) is 11.2 Å². The van der Waals surface area contributed by atoms with Gasteiger partial charge in [-0.3, -0.25) is 9.78 Å². The van der Waals surface area contributed by atoms with Crippen LogP contribution < -0.4 is 5.56 Å². The number of fused-ring (bicyclic) bond motifs is 1. The Morgan fingerprint density at radius 3 is 2.68 bits per heavy atom. The van der Waals surface area contributed by atoms with E-state index in [-0.39, 0.29) is 5.56 Å². The largest absolute Gasteiger partial charge is 0.268 e. The van der Waals surface area contributed by atoms with E-state index in [0.29, 0.717) is 5.56 Å². The van der Waals surface area contributed by atoms with Gasteiger partial charge in [-0.1, -0.05) is 24.3 Å². The fourth-order valence-corrected chi connectivity index (χ4v) is 2.18. The van der Waals surface area contributed by atoms with Crippen LogP contribution in [-0.2, 0) is 0 Å². The second kappa shape index (κ2) is 4.31. The second-order valence-electron chi connectivity index (χ2n) is 4.53. The number of benzene rings is 1. The highest BCUT2D eigenvalue weighted by Crippen LogP contribution is 2.27. The quantitative estimate of drug-likeness (QED) is 0.723. The van der Waals surface area contributed by atoms with Crippen LogP contribution in [0.15, 0.2) is 41.3 Å². The van der Waals surface area contributed by atoms with Crippen LogP contribution in [0.25, 0.3) is 22.2 Å². The molecule has 1 aromatic carbocycles. The first-order chi connectivity index (χ1) is 9.18. The van der Waals surface area contributed by atoms with E-state index in [2.05, 4.69) is 15.2 Å². The average molecular weight is 251 g/mol. The minimum absolute atomic E-state index is 0.144. The summed E-state index contributed by atoms with van der Waals surface area (Å²) in [7, 11) is 0. The number of para-hydroxylation sites is 1. The molecular weight excluding hydrogens is 238 g/mol. The predicted molar refractivity (Wildman–Crippen MR) is 75.1 cm³/mol. The van der Waals surface area contributed by atoms with Gasteiger partial charge in [-0.2, -0.15) is 5.10 Å². The number of aromatic amines is 1. The molecule has 3 rings (SSSR count). The molecule has 2 heterocycles. The average Bonchev–Trinajstić information content (AvgIpc) is 2.45. The van der Waals surface area contributed by atoms with E-state index < -0.39 is 0 Å². The summed E-state index contributed by atoms with van der Waals surface area (Å²) in [6, 6.07) is 9.88. The number of aromatic nitrogens is 3. The van der Waals surface area contributed by atoms with Crippen molar-refractivity contribution in [3.05, 3.63) is 58.0 Å². The Balaban J connectivity index is 2.37. The van der Waals surface area contributed by atoms with Crippen LogP contribution in [-0.4, -0.2) is 15.2 Å². The van der Waals surface area contributed by atoms with E-state index in [4.69, 9.17) is 0 Å². The van der Waals surface area contributed by atoms with Crippen LogP contribution in [0.1, 0.15) is 11.1 Å². The molecule has 3 aromatic rings. The number of rotatable bonds is 1. The SMILES string of the molecule is Cc1c(-c2cccc3cccnc23)n[nH]c(=O)c1C. The molecule has 19 heavy (non-hydrogen) atoms. The Labute approximate surface area is 110 Å². The van der Waals surface area contributed by atoms with Gasteiger partial charge >= 0.3 is 0 Å². The lowest BCUT2D eigenvalue weighted by Gasteiger charge is -2.08. The molecule has 4 heteroatoms. The van der Waals surface area contributed by atoms with Gasteiger partial charge in [-0.25, -0.2) is 5.10 Å². The minimum Gasteiger partial charge on any atom is -0.268 e. The molecule has 0 radical (unpaired) electrons. The van der Waals surface area contributed by atoms with Gasteiger partial charge in [0.25, 0.3) is 5.56 Å². The fraction of sp³-hybridized carbons (Fsp3) is 0.133. The summed E-state index contributed by atoms with van der Waals surface area (Å²) in [5.41, 5.74) is 4.05. The van der Waals surface area contributed by atoms with Crippen molar-refractivity contribution in [2.45, 2.75) is 13.8 Å². The van der Waals surface area contributed by atoms with E-state index >= 15 is 0 Å². The molecule has 0 saturated heterocycles. The van der Waals surface area contributed by atoms with Gasteiger partial charge in [0.1, 0.15) is 0 Å². The lowest BCUT2D eigenvalue weighted by molar-refractivity contribution is 0.959. The van der Waals surface area contributed by atoms with Crippen LogP contribution in [0, 0.1) is 13.8 Å². The Morgan fingerprint density at radius 1 is 1.05 bits per heavy atom. The Kier molecular flexibility index (Phi) is 2.63. The van der Waals surface area contributed by atoms with Crippen LogP contribution in [0.5, 0.6) is 0 Å². The van der Waals surface area contributed by atoms with Gasteiger partial charge in [-0.05, 0) is 25.5 Å². The van der Waals surface area contributed by atoms with E-state index in [0.717, 1.165) is 27.7 Å². The third kappa shape index (κ3) is 1.81. The van der Waals surface area contributed by atoms with E-state index in [1.807, 2.05) is 37.3 Å². The Hall–Kier alpha value is -2.49. The molecule has 0 spiro atoms. The van der Waals surface area contributed by atoms with Crippen molar-refractivity contribution in [1.29, 1.82) is 0 Å². The van der Waals surface area contributed by atoms with Crippen molar-refractivity contribution < 1.29 is 0 Å². The number of pyridine rings is 1. The first-order valence-electron chi connectivity index (χ1n) is 6.08. The lowest BCUT2D eigenvalue weighted by atomic mass is 10.0. The molecule has 0 aliphatic heterocycles. The van der Waals surface area contributed by atoms with Crippen molar-refractivity contribution in [2.75, 3.05) is 0 Å². The smallest absolute Gasteiger partial charge is 0.267 e. The highest BCUT2D eigenvalue weighted by atomic mass is 16.1. The van der Waals surface area contributed by atoms with E-state index in [1.54, 1.807) is 13.1 Å². The summed E-state index contributed by atoms with van der Waals surface area (Å²) in [4.78, 5) is 16.0. The first-order valence-corrected chi connectivity index (χ1v) is 6.08. The summed E-state index contributed by atoms with van der Waals surface area (Å²) < 4.78 is 0. The first kappa shape index (κ1) is 11.6. The van der Waals surface area contributed by atoms with Crippen molar-refractivity contribution >= 4 is 10.9 Å². The van der Waals surface area contributed by atoms with E-state index in [9.17, 15) is 4.79 Å². The standard InChI is InChI=1S/C15H13N3O/c1-9-10(2)15(19)18-17-13(9)12-7-3-5-11-6-4-8-16-14(11)12/h3-8H,1-2H3,(H,18,19). The molecule has 0 aliphatic rings. The van der Waals surface area contributed by atoms with Crippen molar-refractivity contribution in [3.8, 4) is 11.3 Å². The summed E-state index contributed by atoms with van der Waals surface area (Å²) >= 11 is 0. The zero-order chi connectivity index (χ0) is 13.4. The molecule has 0 unspecified atom stereocenters. The monoisotopic (exact) mass is 251 g/mol. The lowest BCUT2D eigenvalue weighted by Crippen LogP contribution is -2.14. The van der Waals surface area contributed by atoms with Gasteiger partial charge in [0.15, 0.2) is 0 Å². The maximum Gasteiger partial charge on any atom is 0.267 e. The van der Waals surface area contributed by atoms with Gasteiger partial charge in [0, 0.05) is 22.7 Å². The third-order valence-corrected chi connectivity index (χ3v) is 3.42. The number of nitrogens with one attached hydrogen (secondary N) is 1. The molecule has 0 aliphatic carbocycles. The van der Waals surface area contributed by atoms with Crippen LogP contribution >= 0.6 is 0 Å². The summed E-state index contributed by atoms with van der Waals surface area (Å²) in [6.45, 7) is 3.71. The van der Waals surface area contributed by atoms with Crippen LogP contribution in [0.3, 0.4) is 0 Å². The number of nitrogens with zero attached hydrogens (tertiary/aromatic N) is 2. The normalized spacial score (nSPS) is 10.8. The molecule has 1 N–H and O–H groups in total. The van der Waals surface area contributed by atoms with Gasteiger partial charge in [0.2, 0.25) is 0 Å². The van der Waals surface area contributed by atoms with Gasteiger partial charge < -0.3 is 0 Å². The maximum absolute atomic E-state index is 11.6. The predicted octanol–water partition coefficient (Wildman–Crippen LogP) is 2.60. The number of hydrogen-bond acceptors (Lipinski definition) is 3. The molecule has 4 nitrogen and oxygen atoms in total. The minimum atomic E-state index is -0.144. The van der Waals surface area contributed by atoms with Crippen molar-refractivity contribution in [1.82, 2.24) is 15.2 Å². The fourth-order valence-electron chi connectivity index (χ4n) is 2.18. The molecule has 0 atom stereocenters. The number of H-pyrrole nitrogens is 1. The second-order valence-corrected chi connectivity index (χ2v) is 4.53. The van der Waals surface area contributed by atoms with Crippen LogP contribution in [0.2, 0.25) is 0 Å². The zero-order valence-electron chi connectivity index (χ0n) is 10.8. The summed E-state index contributed by atoms with van der Waals surface area (Å²) in [5, 5.41) is 7.78. The van der Waals surface area contributed by atoms with E-state index in [1.165, 1.54) is 0 Å². The van der Waals surface area contributed by atoms with Crippen molar-refractivity contribution in [3.63, 3.8) is 0 Å². The molecule has 2 aromatic heterocycles.